The van der Waals surface area contributed by atoms with Gasteiger partial charge in [-0.3, -0.25) is 10.1 Å². The minimum absolute atomic E-state index is 0.117. The van der Waals surface area contributed by atoms with Gasteiger partial charge in [-0.1, -0.05) is 15.9 Å². The van der Waals surface area contributed by atoms with Gasteiger partial charge in [0.15, 0.2) is 5.75 Å². The van der Waals surface area contributed by atoms with Crippen LogP contribution in [0.4, 0.5) is 5.69 Å². The molecular weight excluding hydrogens is 326 g/mol. The van der Waals surface area contributed by atoms with Crippen LogP contribution in [0.1, 0.15) is 11.3 Å². The van der Waals surface area contributed by atoms with E-state index >= 15 is 0 Å². The maximum absolute atomic E-state index is 10.9. The highest BCUT2D eigenvalue weighted by Crippen LogP contribution is 2.30. The Morgan fingerprint density at radius 2 is 2.20 bits per heavy atom. The summed E-state index contributed by atoms with van der Waals surface area (Å²) in [6.07, 6.45) is 1.49. The van der Waals surface area contributed by atoms with E-state index in [9.17, 15) is 10.1 Å². The molecule has 7 heteroatoms. The number of pyridine rings is 1. The molecule has 0 N–H and O–H groups in total. The van der Waals surface area contributed by atoms with E-state index in [0.29, 0.717) is 10.0 Å². The second kappa shape index (κ2) is 6.12. The van der Waals surface area contributed by atoms with Crippen molar-refractivity contribution >= 4 is 21.6 Å². The monoisotopic (exact) mass is 333 g/mol. The molecule has 0 aliphatic heterocycles. The Morgan fingerprint density at radius 1 is 1.40 bits per heavy atom. The Hall–Kier alpha value is -2.46. The van der Waals surface area contributed by atoms with Gasteiger partial charge in [-0.2, -0.15) is 5.26 Å². The number of benzene rings is 1. The van der Waals surface area contributed by atoms with Gasteiger partial charge in [-0.05, 0) is 29.8 Å². The summed E-state index contributed by atoms with van der Waals surface area (Å²) < 4.78 is 6.04. The highest BCUT2D eigenvalue weighted by Gasteiger charge is 2.15. The minimum atomic E-state index is -0.507. The molecule has 0 aliphatic rings. The van der Waals surface area contributed by atoms with Crippen molar-refractivity contribution in [1.82, 2.24) is 4.98 Å². The molecule has 0 saturated carbocycles. The van der Waals surface area contributed by atoms with Gasteiger partial charge in [0.1, 0.15) is 18.4 Å². The number of nitro groups is 1. The van der Waals surface area contributed by atoms with Gasteiger partial charge in [0.05, 0.1) is 4.92 Å². The molecule has 20 heavy (non-hydrogen) atoms. The third kappa shape index (κ3) is 3.30. The Bertz CT molecular complexity index is 698. The maximum Gasteiger partial charge on any atom is 0.312 e. The first kappa shape index (κ1) is 14.0. The largest absolute Gasteiger partial charge is 0.482 e. The van der Waals surface area contributed by atoms with E-state index in [0.717, 1.165) is 0 Å². The molecule has 1 heterocycles. The molecule has 2 rings (SSSR count). The molecule has 2 aromatic rings. The van der Waals surface area contributed by atoms with Crippen LogP contribution in [0.15, 0.2) is 41.0 Å². The van der Waals surface area contributed by atoms with Gasteiger partial charge in [0, 0.05) is 16.7 Å². The molecule has 0 fully saturated rings. The Morgan fingerprint density at radius 3 is 2.90 bits per heavy atom. The number of halogens is 1. The smallest absolute Gasteiger partial charge is 0.312 e. The molecule has 0 saturated heterocycles. The Balaban J connectivity index is 2.19. The van der Waals surface area contributed by atoms with Gasteiger partial charge in [-0.25, -0.2) is 4.98 Å². The number of nitriles is 1. The topological polar surface area (TPSA) is 89.0 Å². The van der Waals surface area contributed by atoms with E-state index in [1.165, 1.54) is 18.3 Å². The summed E-state index contributed by atoms with van der Waals surface area (Å²) >= 11 is 3.18. The van der Waals surface area contributed by atoms with Crippen LogP contribution in [-0.2, 0) is 6.61 Å². The van der Waals surface area contributed by atoms with Crippen molar-refractivity contribution in [2.75, 3.05) is 0 Å². The number of aromatic nitrogens is 1. The van der Waals surface area contributed by atoms with Gasteiger partial charge in [-0.15, -0.1) is 0 Å². The predicted octanol–water partition coefficient (Wildman–Crippen LogP) is 3.20. The van der Waals surface area contributed by atoms with E-state index in [-0.39, 0.29) is 23.7 Å². The average molecular weight is 334 g/mol. The Kier molecular flexibility index (Phi) is 4.27. The summed E-state index contributed by atoms with van der Waals surface area (Å²) in [5.41, 5.74) is 0.874. The van der Waals surface area contributed by atoms with E-state index < -0.39 is 4.92 Å². The molecule has 0 spiro atoms. The van der Waals surface area contributed by atoms with Crippen LogP contribution in [0.25, 0.3) is 0 Å². The summed E-state index contributed by atoms with van der Waals surface area (Å²) in [6, 6.07) is 9.74. The van der Waals surface area contributed by atoms with Crippen LogP contribution < -0.4 is 4.74 Å². The maximum atomic E-state index is 10.9. The molecule has 0 radical (unpaired) electrons. The zero-order valence-electron chi connectivity index (χ0n) is 10.1. The van der Waals surface area contributed by atoms with Crippen molar-refractivity contribution in [1.29, 1.82) is 5.26 Å². The normalized spacial score (nSPS) is 9.80. The van der Waals surface area contributed by atoms with Crippen LogP contribution in [0.5, 0.6) is 5.75 Å². The minimum Gasteiger partial charge on any atom is -0.482 e. The molecule has 6 nitrogen and oxygen atoms in total. The fourth-order valence-electron chi connectivity index (χ4n) is 1.54. The SMILES string of the molecule is N#Cc1cc(COc2ccc(Br)cc2[N+](=O)[O-])ccn1. The number of hydrogen-bond donors (Lipinski definition) is 0. The van der Waals surface area contributed by atoms with E-state index in [2.05, 4.69) is 20.9 Å². The lowest BCUT2D eigenvalue weighted by Crippen LogP contribution is -2.00. The van der Waals surface area contributed by atoms with Gasteiger partial charge >= 0.3 is 5.69 Å². The van der Waals surface area contributed by atoms with Crippen LogP contribution in [-0.4, -0.2) is 9.91 Å². The molecule has 0 bridgehead atoms. The number of nitro benzene ring substituents is 1. The lowest BCUT2D eigenvalue weighted by Gasteiger charge is -2.07. The third-order valence-corrected chi connectivity index (χ3v) is 2.94. The van der Waals surface area contributed by atoms with Crippen LogP contribution in [0.3, 0.4) is 0 Å². The van der Waals surface area contributed by atoms with E-state index in [1.54, 1.807) is 18.2 Å². The number of ether oxygens (including phenoxy) is 1. The second-order valence-corrected chi connectivity index (χ2v) is 4.73. The quantitative estimate of drug-likeness (QED) is 0.633. The fraction of sp³-hybridized carbons (Fsp3) is 0.0769. The zero-order valence-corrected chi connectivity index (χ0v) is 11.7. The zero-order chi connectivity index (χ0) is 14.5. The summed E-state index contributed by atoms with van der Waals surface area (Å²) in [6.45, 7) is 0.125. The molecule has 0 unspecified atom stereocenters. The van der Waals surface area contributed by atoms with Crippen molar-refractivity contribution in [2.24, 2.45) is 0 Å². The molecule has 0 aliphatic carbocycles. The summed E-state index contributed by atoms with van der Waals surface area (Å²) in [5.74, 6) is 0.175. The van der Waals surface area contributed by atoms with Gasteiger partial charge < -0.3 is 4.74 Å². The number of hydrogen-bond acceptors (Lipinski definition) is 5. The van der Waals surface area contributed by atoms with Crippen molar-refractivity contribution in [2.45, 2.75) is 6.61 Å². The fourth-order valence-corrected chi connectivity index (χ4v) is 1.89. The highest BCUT2D eigenvalue weighted by molar-refractivity contribution is 9.10. The first-order valence-electron chi connectivity index (χ1n) is 5.52. The second-order valence-electron chi connectivity index (χ2n) is 3.82. The third-order valence-electron chi connectivity index (χ3n) is 2.45. The van der Waals surface area contributed by atoms with Crippen LogP contribution >= 0.6 is 15.9 Å². The first-order valence-corrected chi connectivity index (χ1v) is 6.31. The number of nitrogens with zero attached hydrogens (tertiary/aromatic N) is 3. The molecular formula is C13H8BrN3O3. The first-order chi connectivity index (χ1) is 9.60. The van der Waals surface area contributed by atoms with E-state index in [4.69, 9.17) is 10.00 Å². The van der Waals surface area contributed by atoms with Crippen molar-refractivity contribution in [3.63, 3.8) is 0 Å². The highest BCUT2D eigenvalue weighted by atomic mass is 79.9. The van der Waals surface area contributed by atoms with Crippen LogP contribution in [0.2, 0.25) is 0 Å². The summed E-state index contributed by atoms with van der Waals surface area (Å²) in [5, 5.41) is 19.7. The standard InChI is InChI=1S/C13H8BrN3O3/c14-10-1-2-13(12(6-10)17(18)19)20-8-9-3-4-16-11(5-9)7-15/h1-6H,8H2. The lowest BCUT2D eigenvalue weighted by atomic mass is 10.2. The number of rotatable bonds is 4. The molecule has 1 aromatic heterocycles. The Labute approximate surface area is 122 Å². The van der Waals surface area contributed by atoms with Crippen molar-refractivity contribution in [3.8, 4) is 11.8 Å². The molecule has 1 aromatic carbocycles. The predicted molar refractivity (Wildman–Crippen MR) is 74.1 cm³/mol. The van der Waals surface area contributed by atoms with Gasteiger partial charge in [0.2, 0.25) is 0 Å². The van der Waals surface area contributed by atoms with Crippen LogP contribution in [0, 0.1) is 21.4 Å². The van der Waals surface area contributed by atoms with E-state index in [1.807, 2.05) is 6.07 Å². The molecule has 0 amide bonds. The average Bonchev–Trinajstić information content (AvgIpc) is 2.46. The molecule has 100 valence electrons. The molecule has 0 atom stereocenters. The van der Waals surface area contributed by atoms with Crippen molar-refractivity contribution < 1.29 is 9.66 Å². The van der Waals surface area contributed by atoms with Gasteiger partial charge in [0.25, 0.3) is 0 Å². The lowest BCUT2D eigenvalue weighted by molar-refractivity contribution is -0.386. The summed E-state index contributed by atoms with van der Waals surface area (Å²) in [7, 11) is 0. The van der Waals surface area contributed by atoms with Crippen molar-refractivity contribution in [3.05, 3.63) is 62.4 Å². The summed E-state index contributed by atoms with van der Waals surface area (Å²) in [4.78, 5) is 14.3.